The summed E-state index contributed by atoms with van der Waals surface area (Å²) in [5.41, 5.74) is 1.89. The Morgan fingerprint density at radius 3 is 2.68 bits per heavy atom. The van der Waals surface area contributed by atoms with E-state index in [9.17, 15) is 9.59 Å². The highest BCUT2D eigenvalue weighted by Gasteiger charge is 2.17. The molecule has 0 saturated carbocycles. The van der Waals surface area contributed by atoms with Crippen LogP contribution in [0, 0.1) is 0 Å². The molecule has 1 amide bonds. The fourth-order valence-electron chi connectivity index (χ4n) is 3.04. The molecule has 0 bridgehead atoms. The van der Waals surface area contributed by atoms with Crippen molar-refractivity contribution in [2.24, 2.45) is 0 Å². The van der Waals surface area contributed by atoms with Gasteiger partial charge in [-0.15, -0.1) is 0 Å². The Labute approximate surface area is 147 Å². The zero-order chi connectivity index (χ0) is 17.6. The quantitative estimate of drug-likeness (QED) is 0.878. The number of anilines is 2. The summed E-state index contributed by atoms with van der Waals surface area (Å²) in [7, 11) is 0. The number of unbranched alkanes of at least 4 members (excludes halogenated alkanes) is 1. The lowest BCUT2D eigenvalue weighted by Crippen LogP contribution is -2.27. The molecule has 1 aromatic heterocycles. The van der Waals surface area contributed by atoms with E-state index in [1.807, 2.05) is 24.3 Å². The van der Waals surface area contributed by atoms with Crippen molar-refractivity contribution >= 4 is 17.3 Å². The zero-order valence-corrected chi connectivity index (χ0v) is 14.6. The van der Waals surface area contributed by atoms with E-state index in [1.54, 1.807) is 0 Å². The standard InChI is InChI=1S/C19H24N4O2/c1-2-3-14-23-18(24)11-10-16(21-23)19(25)20-15-8-4-5-9-17(15)22-12-6-7-13-22/h4-5,8-11H,2-3,6-7,12-14H2,1H3,(H,20,25). The van der Waals surface area contributed by atoms with Crippen LogP contribution in [-0.2, 0) is 6.54 Å². The van der Waals surface area contributed by atoms with Crippen molar-refractivity contribution in [2.75, 3.05) is 23.3 Å². The van der Waals surface area contributed by atoms with Gasteiger partial charge in [-0.05, 0) is 37.5 Å². The van der Waals surface area contributed by atoms with Crippen LogP contribution in [0.25, 0.3) is 0 Å². The van der Waals surface area contributed by atoms with Crippen molar-refractivity contribution in [1.29, 1.82) is 0 Å². The van der Waals surface area contributed by atoms with E-state index in [2.05, 4.69) is 22.2 Å². The van der Waals surface area contributed by atoms with Gasteiger partial charge < -0.3 is 10.2 Å². The molecule has 0 atom stereocenters. The smallest absolute Gasteiger partial charge is 0.276 e. The van der Waals surface area contributed by atoms with E-state index < -0.39 is 0 Å². The lowest BCUT2D eigenvalue weighted by molar-refractivity contribution is 0.102. The van der Waals surface area contributed by atoms with Crippen molar-refractivity contribution in [3.05, 3.63) is 52.4 Å². The van der Waals surface area contributed by atoms with Crippen LogP contribution >= 0.6 is 0 Å². The Morgan fingerprint density at radius 2 is 1.92 bits per heavy atom. The number of amides is 1. The molecule has 2 aromatic rings. The molecule has 0 aliphatic carbocycles. The van der Waals surface area contributed by atoms with Gasteiger partial charge in [-0.3, -0.25) is 9.59 Å². The Kier molecular flexibility index (Phi) is 5.48. The van der Waals surface area contributed by atoms with Crippen LogP contribution in [0.5, 0.6) is 0 Å². The van der Waals surface area contributed by atoms with Crippen LogP contribution < -0.4 is 15.8 Å². The predicted octanol–water partition coefficient (Wildman–Crippen LogP) is 2.90. The number of aromatic nitrogens is 2. The minimum atomic E-state index is -0.295. The summed E-state index contributed by atoms with van der Waals surface area (Å²) < 4.78 is 1.37. The van der Waals surface area contributed by atoms with Crippen LogP contribution in [0.1, 0.15) is 43.1 Å². The molecule has 0 spiro atoms. The van der Waals surface area contributed by atoms with Gasteiger partial charge in [0.1, 0.15) is 5.69 Å². The number of para-hydroxylation sites is 2. The molecule has 3 rings (SSSR count). The monoisotopic (exact) mass is 340 g/mol. The van der Waals surface area contributed by atoms with Crippen molar-refractivity contribution in [2.45, 2.75) is 39.2 Å². The van der Waals surface area contributed by atoms with Gasteiger partial charge in [0, 0.05) is 25.7 Å². The van der Waals surface area contributed by atoms with Gasteiger partial charge in [0.15, 0.2) is 0 Å². The van der Waals surface area contributed by atoms with E-state index in [1.165, 1.54) is 29.7 Å². The van der Waals surface area contributed by atoms with Crippen molar-refractivity contribution < 1.29 is 4.79 Å². The fraction of sp³-hybridized carbons (Fsp3) is 0.421. The minimum absolute atomic E-state index is 0.178. The Bertz CT molecular complexity index is 794. The zero-order valence-electron chi connectivity index (χ0n) is 14.6. The molecule has 1 saturated heterocycles. The number of hydrogen-bond acceptors (Lipinski definition) is 4. The highest BCUT2D eigenvalue weighted by atomic mass is 16.2. The van der Waals surface area contributed by atoms with Crippen LogP contribution in [0.3, 0.4) is 0 Å². The Morgan fingerprint density at radius 1 is 1.16 bits per heavy atom. The van der Waals surface area contributed by atoms with Crippen LogP contribution in [0.4, 0.5) is 11.4 Å². The molecule has 1 fully saturated rings. The summed E-state index contributed by atoms with van der Waals surface area (Å²) in [4.78, 5) is 26.7. The third kappa shape index (κ3) is 4.07. The average Bonchev–Trinajstić information content (AvgIpc) is 3.16. The molecular weight excluding hydrogens is 316 g/mol. The molecule has 1 N–H and O–H groups in total. The number of hydrogen-bond donors (Lipinski definition) is 1. The van der Waals surface area contributed by atoms with E-state index in [-0.39, 0.29) is 17.2 Å². The molecule has 2 heterocycles. The number of aryl methyl sites for hydroxylation is 1. The topological polar surface area (TPSA) is 67.2 Å². The molecule has 6 nitrogen and oxygen atoms in total. The number of carbonyl (C=O) groups is 1. The number of carbonyl (C=O) groups excluding carboxylic acids is 1. The summed E-state index contributed by atoms with van der Waals surface area (Å²) in [6.45, 7) is 4.60. The average molecular weight is 340 g/mol. The first-order chi connectivity index (χ1) is 12.2. The number of benzene rings is 1. The van der Waals surface area contributed by atoms with Gasteiger partial charge in [0.2, 0.25) is 0 Å². The largest absolute Gasteiger partial charge is 0.370 e. The summed E-state index contributed by atoms with van der Waals surface area (Å²) in [5.74, 6) is -0.295. The fourth-order valence-corrected chi connectivity index (χ4v) is 3.04. The maximum absolute atomic E-state index is 12.6. The number of nitrogens with one attached hydrogen (secondary N) is 1. The van der Waals surface area contributed by atoms with Crippen molar-refractivity contribution in [1.82, 2.24) is 9.78 Å². The van der Waals surface area contributed by atoms with E-state index >= 15 is 0 Å². The van der Waals surface area contributed by atoms with Gasteiger partial charge in [-0.25, -0.2) is 4.68 Å². The summed E-state index contributed by atoms with van der Waals surface area (Å²) >= 11 is 0. The first kappa shape index (κ1) is 17.2. The second-order valence-electron chi connectivity index (χ2n) is 6.30. The molecule has 1 aliphatic rings. The summed E-state index contributed by atoms with van der Waals surface area (Å²) in [6.07, 6.45) is 4.17. The second-order valence-corrected chi connectivity index (χ2v) is 6.30. The Balaban J connectivity index is 1.80. The predicted molar refractivity (Wildman–Crippen MR) is 99.2 cm³/mol. The summed E-state index contributed by atoms with van der Waals surface area (Å²) in [6, 6.07) is 10.7. The summed E-state index contributed by atoms with van der Waals surface area (Å²) in [5, 5.41) is 7.16. The number of rotatable bonds is 6. The molecular formula is C19H24N4O2. The van der Waals surface area contributed by atoms with Gasteiger partial charge in [-0.2, -0.15) is 5.10 Å². The highest BCUT2D eigenvalue weighted by Crippen LogP contribution is 2.28. The highest BCUT2D eigenvalue weighted by molar-refractivity contribution is 6.04. The molecule has 0 radical (unpaired) electrons. The van der Waals surface area contributed by atoms with Crippen molar-refractivity contribution in [3.8, 4) is 0 Å². The van der Waals surface area contributed by atoms with Gasteiger partial charge in [0.05, 0.1) is 11.4 Å². The van der Waals surface area contributed by atoms with E-state index in [0.717, 1.165) is 37.3 Å². The van der Waals surface area contributed by atoms with E-state index in [0.29, 0.717) is 6.54 Å². The SMILES string of the molecule is CCCCn1nc(C(=O)Nc2ccccc2N2CCCC2)ccc1=O. The molecule has 0 unspecified atom stereocenters. The lowest BCUT2D eigenvalue weighted by atomic mass is 10.2. The molecule has 1 aliphatic heterocycles. The van der Waals surface area contributed by atoms with Crippen LogP contribution in [0.2, 0.25) is 0 Å². The first-order valence-electron chi connectivity index (χ1n) is 8.92. The molecule has 6 heteroatoms. The van der Waals surface area contributed by atoms with Gasteiger partial charge in [0.25, 0.3) is 11.5 Å². The molecule has 1 aromatic carbocycles. The van der Waals surface area contributed by atoms with Gasteiger partial charge in [-0.1, -0.05) is 25.5 Å². The van der Waals surface area contributed by atoms with Crippen molar-refractivity contribution in [3.63, 3.8) is 0 Å². The van der Waals surface area contributed by atoms with Crippen LogP contribution in [0.15, 0.2) is 41.2 Å². The maximum atomic E-state index is 12.6. The number of nitrogens with zero attached hydrogens (tertiary/aromatic N) is 3. The Hall–Kier alpha value is -2.63. The second kappa shape index (κ2) is 7.96. The first-order valence-corrected chi connectivity index (χ1v) is 8.92. The van der Waals surface area contributed by atoms with E-state index in [4.69, 9.17) is 0 Å². The maximum Gasteiger partial charge on any atom is 0.276 e. The third-order valence-corrected chi connectivity index (χ3v) is 4.42. The molecule has 25 heavy (non-hydrogen) atoms. The third-order valence-electron chi connectivity index (χ3n) is 4.42. The lowest BCUT2D eigenvalue weighted by Gasteiger charge is -2.21. The molecule has 132 valence electrons. The normalized spacial score (nSPS) is 13.9. The van der Waals surface area contributed by atoms with Crippen LogP contribution in [-0.4, -0.2) is 28.8 Å². The van der Waals surface area contributed by atoms with Gasteiger partial charge >= 0.3 is 0 Å². The minimum Gasteiger partial charge on any atom is -0.370 e.